The molecule has 0 bridgehead atoms. The number of rotatable bonds is 5. The van der Waals surface area contributed by atoms with E-state index in [1.807, 2.05) is 13.0 Å². The molecule has 3 N–H and O–H groups in total. The van der Waals surface area contributed by atoms with Crippen molar-refractivity contribution in [2.75, 3.05) is 10.6 Å². The second kappa shape index (κ2) is 5.38. The Kier molecular flexibility index (Phi) is 3.65. The van der Waals surface area contributed by atoms with Crippen molar-refractivity contribution in [3.63, 3.8) is 0 Å². The summed E-state index contributed by atoms with van der Waals surface area (Å²) >= 11 is 0. The molecule has 7 heteroatoms. The molecular weight excluding hydrogens is 248 g/mol. The summed E-state index contributed by atoms with van der Waals surface area (Å²) < 4.78 is 5.36. The van der Waals surface area contributed by atoms with E-state index in [0.29, 0.717) is 17.5 Å². The van der Waals surface area contributed by atoms with Gasteiger partial charge in [-0.25, -0.2) is 9.97 Å². The molecule has 0 spiro atoms. The molecule has 2 aromatic rings. The monoisotopic (exact) mass is 262 g/mol. The average molecular weight is 262 g/mol. The van der Waals surface area contributed by atoms with E-state index >= 15 is 0 Å². The summed E-state index contributed by atoms with van der Waals surface area (Å²) in [7, 11) is 0. The number of hydrogen-bond donors (Lipinski definition) is 3. The number of anilines is 3. The lowest BCUT2D eigenvalue weighted by molar-refractivity contribution is -0.137. The van der Waals surface area contributed by atoms with Crippen molar-refractivity contribution in [1.82, 2.24) is 9.97 Å². The minimum Gasteiger partial charge on any atom is -0.480 e. The highest BCUT2D eigenvalue weighted by molar-refractivity contribution is 5.76. The van der Waals surface area contributed by atoms with Crippen molar-refractivity contribution in [1.29, 1.82) is 0 Å². The zero-order valence-electron chi connectivity index (χ0n) is 10.5. The van der Waals surface area contributed by atoms with E-state index in [2.05, 4.69) is 20.6 Å². The molecule has 0 radical (unpaired) electrons. The number of aliphatic carboxylic acids is 1. The number of nitrogens with one attached hydrogen (secondary N) is 2. The van der Waals surface area contributed by atoms with Gasteiger partial charge in [-0.3, -0.25) is 4.79 Å². The first-order valence-electron chi connectivity index (χ1n) is 5.69. The van der Waals surface area contributed by atoms with E-state index in [0.717, 1.165) is 5.76 Å². The van der Waals surface area contributed by atoms with Crippen LogP contribution in [-0.2, 0) is 4.79 Å². The Bertz CT molecular complexity index is 582. The molecule has 0 saturated heterocycles. The van der Waals surface area contributed by atoms with Crippen molar-refractivity contribution in [2.24, 2.45) is 0 Å². The molecule has 19 heavy (non-hydrogen) atoms. The lowest BCUT2D eigenvalue weighted by Gasteiger charge is -2.10. The molecule has 0 aliphatic rings. The van der Waals surface area contributed by atoms with Crippen molar-refractivity contribution >= 4 is 23.5 Å². The van der Waals surface area contributed by atoms with Gasteiger partial charge in [-0.15, -0.1) is 0 Å². The Labute approximate surface area is 109 Å². The number of carbonyl (C=O) groups is 1. The second-order valence-corrected chi connectivity index (χ2v) is 4.03. The molecule has 7 nitrogen and oxygen atoms in total. The molecule has 1 atom stereocenters. The number of aryl methyl sites for hydroxylation is 1. The first-order chi connectivity index (χ1) is 9.04. The summed E-state index contributed by atoms with van der Waals surface area (Å²) in [5, 5.41) is 14.5. The fraction of sp³-hybridized carbons (Fsp3) is 0.250. The first kappa shape index (κ1) is 12.9. The van der Waals surface area contributed by atoms with Crippen LogP contribution in [-0.4, -0.2) is 27.1 Å². The van der Waals surface area contributed by atoms with Gasteiger partial charge in [-0.2, -0.15) is 0 Å². The van der Waals surface area contributed by atoms with Crippen LogP contribution in [0.2, 0.25) is 0 Å². The van der Waals surface area contributed by atoms with E-state index < -0.39 is 12.0 Å². The van der Waals surface area contributed by atoms with Crippen LogP contribution >= 0.6 is 0 Å². The van der Waals surface area contributed by atoms with Crippen LogP contribution in [0.1, 0.15) is 12.7 Å². The molecule has 2 rings (SSSR count). The minimum atomic E-state index is -0.949. The smallest absolute Gasteiger partial charge is 0.325 e. The van der Waals surface area contributed by atoms with Gasteiger partial charge < -0.3 is 20.2 Å². The molecule has 0 amide bonds. The minimum absolute atomic E-state index is 0.427. The largest absolute Gasteiger partial charge is 0.480 e. The number of carboxylic acids is 1. The number of furan rings is 1. The third-order valence-electron chi connectivity index (χ3n) is 2.39. The third kappa shape index (κ3) is 3.44. The molecule has 0 aliphatic carbocycles. The topological polar surface area (TPSA) is 100 Å². The van der Waals surface area contributed by atoms with Crippen molar-refractivity contribution in [3.05, 3.63) is 30.3 Å². The van der Waals surface area contributed by atoms with E-state index in [1.165, 1.54) is 13.3 Å². The van der Waals surface area contributed by atoms with Crippen LogP contribution in [0.4, 0.5) is 17.5 Å². The number of hydrogen-bond acceptors (Lipinski definition) is 6. The molecular formula is C12H14N4O3. The Hall–Kier alpha value is -2.57. The lowest BCUT2D eigenvalue weighted by atomic mass is 10.3. The maximum absolute atomic E-state index is 10.7. The van der Waals surface area contributed by atoms with Crippen LogP contribution < -0.4 is 10.6 Å². The normalized spacial score (nSPS) is 11.9. The van der Waals surface area contributed by atoms with E-state index in [-0.39, 0.29) is 0 Å². The van der Waals surface area contributed by atoms with Gasteiger partial charge >= 0.3 is 5.97 Å². The SMILES string of the molecule is Cc1ccc(Nc2cc(NC(C)C(=O)O)ncn2)o1. The molecule has 2 heterocycles. The highest BCUT2D eigenvalue weighted by Crippen LogP contribution is 2.18. The predicted molar refractivity (Wildman–Crippen MR) is 69.5 cm³/mol. The standard InChI is InChI=1S/C12H14N4O3/c1-7-3-4-11(19-7)16-10-5-9(13-6-14-10)15-8(2)12(17)18/h3-6,8H,1-2H3,(H,17,18)(H2,13,14,15,16). The summed E-state index contributed by atoms with van der Waals surface area (Å²) in [6.45, 7) is 3.38. The maximum atomic E-state index is 10.7. The quantitative estimate of drug-likeness (QED) is 0.757. The van der Waals surface area contributed by atoms with Gasteiger partial charge in [-0.1, -0.05) is 0 Å². The fourth-order valence-corrected chi connectivity index (χ4v) is 1.42. The highest BCUT2D eigenvalue weighted by Gasteiger charge is 2.11. The number of nitrogens with zero attached hydrogens (tertiary/aromatic N) is 2. The predicted octanol–water partition coefficient (Wildman–Crippen LogP) is 2.01. The van der Waals surface area contributed by atoms with Crippen molar-refractivity contribution in [3.8, 4) is 0 Å². The summed E-state index contributed by atoms with van der Waals surface area (Å²) in [6.07, 6.45) is 1.34. The first-order valence-corrected chi connectivity index (χ1v) is 5.69. The van der Waals surface area contributed by atoms with Gasteiger partial charge in [0.1, 0.15) is 29.8 Å². The van der Waals surface area contributed by atoms with Crippen LogP contribution in [0.5, 0.6) is 0 Å². The summed E-state index contributed by atoms with van der Waals surface area (Å²) in [4.78, 5) is 18.7. The summed E-state index contributed by atoms with van der Waals surface area (Å²) in [6, 6.07) is 4.49. The molecule has 2 aromatic heterocycles. The zero-order chi connectivity index (χ0) is 13.8. The molecule has 0 saturated carbocycles. The van der Waals surface area contributed by atoms with Gasteiger partial charge in [0, 0.05) is 12.1 Å². The molecule has 1 unspecified atom stereocenters. The zero-order valence-corrected chi connectivity index (χ0v) is 10.5. The van der Waals surface area contributed by atoms with Gasteiger partial charge in [0.25, 0.3) is 0 Å². The molecule has 0 aliphatic heterocycles. The van der Waals surface area contributed by atoms with Crippen LogP contribution in [0, 0.1) is 6.92 Å². The molecule has 0 fully saturated rings. The fourth-order valence-electron chi connectivity index (χ4n) is 1.42. The maximum Gasteiger partial charge on any atom is 0.325 e. The van der Waals surface area contributed by atoms with Crippen molar-refractivity contribution < 1.29 is 14.3 Å². The number of aromatic nitrogens is 2. The van der Waals surface area contributed by atoms with E-state index in [1.54, 1.807) is 12.1 Å². The van der Waals surface area contributed by atoms with Gasteiger partial charge in [-0.05, 0) is 19.9 Å². The van der Waals surface area contributed by atoms with Crippen LogP contribution in [0.15, 0.2) is 28.9 Å². The van der Waals surface area contributed by atoms with Crippen molar-refractivity contribution in [2.45, 2.75) is 19.9 Å². The highest BCUT2D eigenvalue weighted by atomic mass is 16.4. The van der Waals surface area contributed by atoms with Gasteiger partial charge in [0.2, 0.25) is 0 Å². The molecule has 100 valence electrons. The Balaban J connectivity index is 2.08. The van der Waals surface area contributed by atoms with Crippen LogP contribution in [0.25, 0.3) is 0 Å². The summed E-state index contributed by atoms with van der Waals surface area (Å²) in [5.74, 6) is 1.35. The average Bonchev–Trinajstić information content (AvgIpc) is 2.75. The number of carboxylic acid groups (broad SMARTS) is 1. The Morgan fingerprint density at radius 1 is 1.37 bits per heavy atom. The van der Waals surface area contributed by atoms with E-state index in [9.17, 15) is 4.79 Å². The lowest BCUT2D eigenvalue weighted by Crippen LogP contribution is -2.25. The Morgan fingerprint density at radius 3 is 2.74 bits per heavy atom. The Morgan fingerprint density at radius 2 is 2.11 bits per heavy atom. The van der Waals surface area contributed by atoms with Gasteiger partial charge in [0.05, 0.1) is 0 Å². The summed E-state index contributed by atoms with van der Waals surface area (Å²) in [5.41, 5.74) is 0. The molecule has 0 aromatic carbocycles. The van der Waals surface area contributed by atoms with E-state index in [4.69, 9.17) is 9.52 Å². The van der Waals surface area contributed by atoms with Gasteiger partial charge in [0.15, 0.2) is 5.88 Å². The second-order valence-electron chi connectivity index (χ2n) is 4.03. The third-order valence-corrected chi connectivity index (χ3v) is 2.39. The van der Waals surface area contributed by atoms with Crippen LogP contribution in [0.3, 0.4) is 0 Å².